The minimum Gasteiger partial charge on any atom is -0.375 e. The molecule has 2 aliphatic heterocycles. The van der Waals surface area contributed by atoms with E-state index in [0.29, 0.717) is 23.9 Å². The van der Waals surface area contributed by atoms with Crippen molar-refractivity contribution in [2.75, 3.05) is 26.2 Å². The topological polar surface area (TPSA) is 58.6 Å². The summed E-state index contributed by atoms with van der Waals surface area (Å²) in [5.74, 6) is -0.0714. The second-order valence-electron chi connectivity index (χ2n) is 6.69. The molecule has 2 aromatic rings. The third-order valence-electron chi connectivity index (χ3n) is 5.03. The highest BCUT2D eigenvalue weighted by Gasteiger charge is 2.38. The molecule has 1 amide bonds. The Bertz CT molecular complexity index is 773. The highest BCUT2D eigenvalue weighted by Crippen LogP contribution is 2.25. The summed E-state index contributed by atoms with van der Waals surface area (Å²) < 4.78 is 5.97. The zero-order chi connectivity index (χ0) is 17.9. The molecule has 0 unspecified atom stereocenters. The van der Waals surface area contributed by atoms with Crippen LogP contribution in [0.25, 0.3) is 0 Å². The monoisotopic (exact) mass is 372 g/mol. The van der Waals surface area contributed by atoms with Crippen LogP contribution in [0.3, 0.4) is 0 Å². The summed E-state index contributed by atoms with van der Waals surface area (Å²) in [6.45, 7) is 3.71. The molecule has 4 heterocycles. The quantitative estimate of drug-likeness (QED) is 0.773. The number of amides is 1. The maximum atomic E-state index is 12.8. The first-order valence-electron chi connectivity index (χ1n) is 8.87. The second kappa shape index (κ2) is 7.70. The van der Waals surface area contributed by atoms with Crippen LogP contribution in [0.2, 0.25) is 5.15 Å². The fourth-order valence-electron chi connectivity index (χ4n) is 3.74. The van der Waals surface area contributed by atoms with Crippen LogP contribution < -0.4 is 0 Å². The Hall–Kier alpha value is -2.02. The number of carbonyl (C=O) groups excluding carboxylic acids is 1. The van der Waals surface area contributed by atoms with Gasteiger partial charge in [0.25, 0.3) is 5.91 Å². The van der Waals surface area contributed by atoms with E-state index in [0.717, 1.165) is 26.1 Å². The Kier molecular flexibility index (Phi) is 5.15. The number of ether oxygens (including phenoxy) is 1. The van der Waals surface area contributed by atoms with Crippen molar-refractivity contribution < 1.29 is 9.53 Å². The first-order valence-corrected chi connectivity index (χ1v) is 9.25. The normalized spacial score (nSPS) is 23.5. The van der Waals surface area contributed by atoms with Gasteiger partial charge in [-0.05, 0) is 30.2 Å². The maximum Gasteiger partial charge on any atom is 0.272 e. The van der Waals surface area contributed by atoms with Gasteiger partial charge in [0.2, 0.25) is 0 Å². The van der Waals surface area contributed by atoms with E-state index in [2.05, 4.69) is 20.9 Å². The number of morpholine rings is 1. The Labute approximate surface area is 157 Å². The third-order valence-corrected chi connectivity index (χ3v) is 5.24. The van der Waals surface area contributed by atoms with Crippen LogP contribution in [0.4, 0.5) is 0 Å². The van der Waals surface area contributed by atoms with E-state index in [4.69, 9.17) is 16.3 Å². The van der Waals surface area contributed by atoms with Crippen LogP contribution in [0.1, 0.15) is 22.5 Å². The number of rotatable bonds is 3. The summed E-state index contributed by atoms with van der Waals surface area (Å²) in [6.07, 6.45) is 4.67. The molecule has 4 rings (SSSR count). The van der Waals surface area contributed by atoms with Gasteiger partial charge in [0, 0.05) is 38.6 Å². The largest absolute Gasteiger partial charge is 0.375 e. The lowest BCUT2D eigenvalue weighted by molar-refractivity contribution is -0.101. The van der Waals surface area contributed by atoms with Gasteiger partial charge < -0.3 is 9.64 Å². The fraction of sp³-hybridized carbons (Fsp3) is 0.421. The van der Waals surface area contributed by atoms with E-state index < -0.39 is 0 Å². The molecule has 7 heteroatoms. The standard InChI is InChI=1S/C19H21ClN4O2/c20-18-5-1-4-15(22-18)19(25)24-8-6-17-16(13-24)23(9-10-26-17)12-14-3-2-7-21-11-14/h1-5,7,11,16-17H,6,8-10,12-13H2/t16-,17-/m0/s1. The van der Waals surface area contributed by atoms with E-state index >= 15 is 0 Å². The number of aromatic nitrogens is 2. The maximum absolute atomic E-state index is 12.8. The number of fused-ring (bicyclic) bond motifs is 1. The van der Waals surface area contributed by atoms with Gasteiger partial charge in [-0.15, -0.1) is 0 Å². The minimum atomic E-state index is -0.0714. The minimum absolute atomic E-state index is 0.0714. The lowest BCUT2D eigenvalue weighted by atomic mass is 9.97. The number of nitrogens with zero attached hydrogens (tertiary/aromatic N) is 4. The van der Waals surface area contributed by atoms with E-state index in [1.165, 1.54) is 5.56 Å². The van der Waals surface area contributed by atoms with Crippen LogP contribution in [0.15, 0.2) is 42.7 Å². The van der Waals surface area contributed by atoms with Crippen LogP contribution in [0, 0.1) is 0 Å². The molecular weight excluding hydrogens is 352 g/mol. The molecule has 0 aromatic carbocycles. The number of likely N-dealkylation sites (tertiary alicyclic amines) is 1. The molecule has 136 valence electrons. The molecule has 0 spiro atoms. The Morgan fingerprint density at radius 3 is 3.00 bits per heavy atom. The summed E-state index contributed by atoms with van der Waals surface area (Å²) in [4.78, 5) is 25.5. The van der Waals surface area contributed by atoms with Gasteiger partial charge in [-0.3, -0.25) is 14.7 Å². The number of hydrogen-bond acceptors (Lipinski definition) is 5. The first-order chi connectivity index (χ1) is 12.7. The molecule has 0 bridgehead atoms. The summed E-state index contributed by atoms with van der Waals surface area (Å²) in [5.41, 5.74) is 1.57. The van der Waals surface area contributed by atoms with Crippen molar-refractivity contribution in [3.63, 3.8) is 0 Å². The predicted octanol–water partition coefficient (Wildman–Crippen LogP) is 2.25. The number of carbonyl (C=O) groups is 1. The molecule has 2 aromatic heterocycles. The van der Waals surface area contributed by atoms with E-state index in [1.54, 1.807) is 24.4 Å². The average Bonchev–Trinajstić information content (AvgIpc) is 2.68. The lowest BCUT2D eigenvalue weighted by Gasteiger charge is -2.47. The van der Waals surface area contributed by atoms with E-state index in [1.807, 2.05) is 17.2 Å². The van der Waals surface area contributed by atoms with E-state index in [9.17, 15) is 4.79 Å². The Morgan fingerprint density at radius 2 is 2.19 bits per heavy atom. The average molecular weight is 373 g/mol. The van der Waals surface area contributed by atoms with Crippen LogP contribution in [-0.4, -0.2) is 64.1 Å². The smallest absolute Gasteiger partial charge is 0.272 e. The van der Waals surface area contributed by atoms with Gasteiger partial charge in [0.05, 0.1) is 18.8 Å². The van der Waals surface area contributed by atoms with Crippen molar-refractivity contribution >= 4 is 17.5 Å². The fourth-order valence-corrected chi connectivity index (χ4v) is 3.90. The lowest BCUT2D eigenvalue weighted by Crippen LogP contribution is -2.60. The zero-order valence-corrected chi connectivity index (χ0v) is 15.2. The molecule has 2 fully saturated rings. The van der Waals surface area contributed by atoms with Crippen molar-refractivity contribution in [1.82, 2.24) is 19.8 Å². The third kappa shape index (κ3) is 3.72. The highest BCUT2D eigenvalue weighted by molar-refractivity contribution is 6.29. The number of hydrogen-bond donors (Lipinski definition) is 0. The molecule has 26 heavy (non-hydrogen) atoms. The van der Waals surface area contributed by atoms with Gasteiger partial charge in [0.1, 0.15) is 10.8 Å². The van der Waals surface area contributed by atoms with Gasteiger partial charge >= 0.3 is 0 Å². The predicted molar refractivity (Wildman–Crippen MR) is 97.9 cm³/mol. The van der Waals surface area contributed by atoms with Crippen molar-refractivity contribution in [2.45, 2.75) is 25.1 Å². The first kappa shape index (κ1) is 17.4. The molecular formula is C19H21ClN4O2. The van der Waals surface area contributed by atoms with Crippen LogP contribution in [0.5, 0.6) is 0 Å². The van der Waals surface area contributed by atoms with Gasteiger partial charge in [-0.2, -0.15) is 0 Å². The van der Waals surface area contributed by atoms with Crippen LogP contribution in [-0.2, 0) is 11.3 Å². The van der Waals surface area contributed by atoms with Gasteiger partial charge in [0.15, 0.2) is 0 Å². The number of halogens is 1. The summed E-state index contributed by atoms with van der Waals surface area (Å²) in [6, 6.07) is 9.36. The number of pyridine rings is 2. The van der Waals surface area contributed by atoms with Gasteiger partial charge in [-0.1, -0.05) is 23.7 Å². The van der Waals surface area contributed by atoms with Gasteiger partial charge in [-0.25, -0.2) is 4.98 Å². The summed E-state index contributed by atoms with van der Waals surface area (Å²) >= 11 is 5.94. The summed E-state index contributed by atoms with van der Waals surface area (Å²) in [5, 5.41) is 0.338. The molecule has 2 aliphatic rings. The van der Waals surface area contributed by atoms with E-state index in [-0.39, 0.29) is 18.1 Å². The SMILES string of the molecule is O=C(c1cccc(Cl)n1)N1CC[C@@H]2OCCN(Cc3cccnc3)[C@H]2C1. The molecule has 0 aliphatic carbocycles. The van der Waals surface area contributed by atoms with Crippen molar-refractivity contribution in [2.24, 2.45) is 0 Å². The zero-order valence-electron chi connectivity index (χ0n) is 14.4. The Balaban J connectivity index is 1.49. The van der Waals surface area contributed by atoms with Crippen LogP contribution >= 0.6 is 11.6 Å². The van der Waals surface area contributed by atoms with Crippen molar-refractivity contribution in [3.05, 3.63) is 59.1 Å². The molecule has 0 saturated carbocycles. The Morgan fingerprint density at radius 1 is 1.27 bits per heavy atom. The molecule has 0 N–H and O–H groups in total. The number of piperidine rings is 1. The molecule has 2 atom stereocenters. The highest BCUT2D eigenvalue weighted by atomic mass is 35.5. The molecule has 2 saturated heterocycles. The molecule has 6 nitrogen and oxygen atoms in total. The van der Waals surface area contributed by atoms with Crippen molar-refractivity contribution in [1.29, 1.82) is 0 Å². The molecule has 0 radical (unpaired) electrons. The summed E-state index contributed by atoms with van der Waals surface area (Å²) in [7, 11) is 0. The second-order valence-corrected chi connectivity index (χ2v) is 7.08. The van der Waals surface area contributed by atoms with Crippen molar-refractivity contribution in [3.8, 4) is 0 Å².